The summed E-state index contributed by atoms with van der Waals surface area (Å²) in [6.45, 7) is 4.65. The molecule has 1 N–H and O–H groups in total. The van der Waals surface area contributed by atoms with Crippen LogP contribution < -0.4 is 9.64 Å². The second-order valence-electron chi connectivity index (χ2n) is 7.83. The van der Waals surface area contributed by atoms with Crippen molar-refractivity contribution in [1.29, 1.82) is 0 Å². The highest BCUT2D eigenvalue weighted by molar-refractivity contribution is 6.00. The van der Waals surface area contributed by atoms with Crippen LogP contribution in [-0.2, 0) is 9.57 Å². The van der Waals surface area contributed by atoms with Crippen LogP contribution in [0.25, 0.3) is 11.3 Å². The van der Waals surface area contributed by atoms with E-state index in [1.165, 1.54) is 18.2 Å². The number of nitrogens with zero attached hydrogens (tertiary/aromatic N) is 3. The van der Waals surface area contributed by atoms with Gasteiger partial charge in [0.2, 0.25) is 0 Å². The van der Waals surface area contributed by atoms with Gasteiger partial charge in [0.1, 0.15) is 30.5 Å². The Labute approximate surface area is 201 Å². The van der Waals surface area contributed by atoms with Crippen LogP contribution in [0.1, 0.15) is 29.5 Å². The van der Waals surface area contributed by atoms with Crippen LogP contribution in [0.15, 0.2) is 58.2 Å². The topological polar surface area (TPSA) is 107 Å². The molecule has 0 spiro atoms. The molecule has 1 saturated heterocycles. The van der Waals surface area contributed by atoms with Crippen molar-refractivity contribution in [2.75, 3.05) is 44.4 Å². The number of carbonyl (C=O) groups is 1. The summed E-state index contributed by atoms with van der Waals surface area (Å²) in [7, 11) is 0. The molecule has 35 heavy (non-hydrogen) atoms. The third kappa shape index (κ3) is 6.15. The van der Waals surface area contributed by atoms with Crippen molar-refractivity contribution in [1.82, 2.24) is 5.16 Å². The molecule has 0 bridgehead atoms. The molecule has 10 heteroatoms. The van der Waals surface area contributed by atoms with E-state index < -0.39 is 5.97 Å². The normalized spacial score (nSPS) is 14.1. The van der Waals surface area contributed by atoms with Crippen LogP contribution in [0.4, 0.5) is 10.1 Å². The summed E-state index contributed by atoms with van der Waals surface area (Å²) in [5.74, 6) is -0.706. The Bertz CT molecular complexity index is 1170. The Hall–Kier alpha value is -3.92. The van der Waals surface area contributed by atoms with Crippen LogP contribution in [0.5, 0.6) is 5.75 Å². The maximum Gasteiger partial charge on any atom is 0.337 e. The lowest BCUT2D eigenvalue weighted by atomic mass is 10.1. The van der Waals surface area contributed by atoms with Gasteiger partial charge in [0, 0.05) is 24.7 Å². The fraction of sp³-hybridized carbons (Fsp3) is 0.320. The first-order valence-corrected chi connectivity index (χ1v) is 11.3. The second kappa shape index (κ2) is 11.5. The number of aromatic carboxylic acids is 1. The van der Waals surface area contributed by atoms with E-state index in [0.717, 1.165) is 6.42 Å². The molecule has 1 aliphatic heterocycles. The lowest BCUT2D eigenvalue weighted by Gasteiger charge is -2.30. The van der Waals surface area contributed by atoms with Gasteiger partial charge in [-0.3, -0.25) is 0 Å². The fourth-order valence-electron chi connectivity index (χ4n) is 3.53. The highest BCUT2D eigenvalue weighted by Gasteiger charge is 2.20. The first kappa shape index (κ1) is 24.2. The largest absolute Gasteiger partial charge is 0.487 e. The molecule has 0 saturated carbocycles. The number of halogens is 1. The maximum atomic E-state index is 13.2. The van der Waals surface area contributed by atoms with Gasteiger partial charge in [-0.1, -0.05) is 17.2 Å². The number of carboxylic acid groups (broad SMARTS) is 1. The first-order valence-electron chi connectivity index (χ1n) is 11.3. The van der Waals surface area contributed by atoms with Gasteiger partial charge < -0.3 is 28.8 Å². The number of anilines is 1. The van der Waals surface area contributed by atoms with Gasteiger partial charge in [0.15, 0.2) is 11.5 Å². The molecule has 4 rings (SSSR count). The van der Waals surface area contributed by atoms with E-state index in [9.17, 15) is 14.3 Å². The van der Waals surface area contributed by atoms with Gasteiger partial charge in [0.25, 0.3) is 0 Å². The van der Waals surface area contributed by atoms with E-state index in [2.05, 4.69) is 10.3 Å². The molecule has 184 valence electrons. The van der Waals surface area contributed by atoms with Crippen molar-refractivity contribution in [3.05, 3.63) is 65.7 Å². The van der Waals surface area contributed by atoms with Gasteiger partial charge >= 0.3 is 5.97 Å². The summed E-state index contributed by atoms with van der Waals surface area (Å²) in [4.78, 5) is 19.2. The lowest BCUT2D eigenvalue weighted by Crippen LogP contribution is -2.37. The van der Waals surface area contributed by atoms with Crippen molar-refractivity contribution < 1.29 is 33.1 Å². The molecule has 1 aromatic heterocycles. The number of benzene rings is 2. The van der Waals surface area contributed by atoms with E-state index in [-0.39, 0.29) is 18.0 Å². The molecule has 9 nitrogen and oxygen atoms in total. The Morgan fingerprint density at radius 3 is 2.66 bits per heavy atom. The maximum absolute atomic E-state index is 13.2. The molecule has 0 radical (unpaired) electrons. The quantitative estimate of drug-likeness (QED) is 0.259. The minimum Gasteiger partial charge on any atom is -0.487 e. The predicted molar refractivity (Wildman–Crippen MR) is 127 cm³/mol. The van der Waals surface area contributed by atoms with E-state index in [0.29, 0.717) is 67.1 Å². The average Bonchev–Trinajstić information content (AvgIpc) is 3.37. The molecule has 0 aliphatic carbocycles. The van der Waals surface area contributed by atoms with E-state index in [1.54, 1.807) is 30.3 Å². The summed E-state index contributed by atoms with van der Waals surface area (Å²) in [5, 5.41) is 17.9. The number of carboxylic acids is 1. The van der Waals surface area contributed by atoms with Crippen molar-refractivity contribution in [2.24, 2.45) is 5.16 Å². The molecule has 1 fully saturated rings. The van der Waals surface area contributed by atoms with Gasteiger partial charge in [-0.15, -0.1) is 0 Å². The highest BCUT2D eigenvalue weighted by atomic mass is 19.1. The van der Waals surface area contributed by atoms with Crippen molar-refractivity contribution in [2.45, 2.75) is 13.3 Å². The van der Waals surface area contributed by atoms with Gasteiger partial charge in [-0.05, 0) is 48.9 Å². The Morgan fingerprint density at radius 2 is 1.94 bits per heavy atom. The molecule has 1 aliphatic rings. The second-order valence-corrected chi connectivity index (χ2v) is 7.83. The molecular formula is C25H26FN3O6. The Kier molecular flexibility index (Phi) is 7.94. The van der Waals surface area contributed by atoms with Crippen LogP contribution >= 0.6 is 0 Å². The Morgan fingerprint density at radius 1 is 1.17 bits per heavy atom. The van der Waals surface area contributed by atoms with Crippen LogP contribution in [0, 0.1) is 5.82 Å². The standard InChI is InChI=1S/C25H26FN3O6/c1-2-11-34-27-22(24-15-21(28-35-24)17-3-5-18(26)6-4-17)16-33-19-7-8-23(20(14-19)25(30)31)29-9-12-32-13-10-29/h3-8,14-15H,2,9-13,16H2,1H3,(H,30,31)/b27-22+. The molecule has 0 unspecified atom stereocenters. The summed E-state index contributed by atoms with van der Waals surface area (Å²) in [5.41, 5.74) is 2.29. The third-order valence-electron chi connectivity index (χ3n) is 5.33. The number of ether oxygens (including phenoxy) is 2. The number of rotatable bonds is 10. The van der Waals surface area contributed by atoms with Gasteiger partial charge in [-0.25, -0.2) is 9.18 Å². The number of hydrogen-bond donors (Lipinski definition) is 1. The van der Waals surface area contributed by atoms with E-state index in [1.807, 2.05) is 11.8 Å². The molecule has 0 amide bonds. The average molecular weight is 483 g/mol. The summed E-state index contributed by atoms with van der Waals surface area (Å²) in [6, 6.07) is 12.5. The van der Waals surface area contributed by atoms with Crippen LogP contribution in [0.3, 0.4) is 0 Å². The number of morpholine rings is 1. The number of aromatic nitrogens is 1. The molecular weight excluding hydrogens is 457 g/mol. The molecule has 0 atom stereocenters. The van der Waals surface area contributed by atoms with Crippen molar-refractivity contribution in [3.8, 4) is 17.0 Å². The zero-order valence-electron chi connectivity index (χ0n) is 19.3. The summed E-state index contributed by atoms with van der Waals surface area (Å²) in [6.07, 6.45) is 0.764. The van der Waals surface area contributed by atoms with Gasteiger partial charge in [0.05, 0.1) is 24.5 Å². The third-order valence-corrected chi connectivity index (χ3v) is 5.33. The van der Waals surface area contributed by atoms with E-state index >= 15 is 0 Å². The Balaban J connectivity index is 1.52. The zero-order chi connectivity index (χ0) is 24.6. The monoisotopic (exact) mass is 483 g/mol. The zero-order valence-corrected chi connectivity index (χ0v) is 19.3. The van der Waals surface area contributed by atoms with Crippen molar-refractivity contribution >= 4 is 17.4 Å². The summed E-state index contributed by atoms with van der Waals surface area (Å²) < 4.78 is 29.9. The van der Waals surface area contributed by atoms with Crippen LogP contribution in [-0.4, -0.2) is 61.5 Å². The number of hydrogen-bond acceptors (Lipinski definition) is 8. The minimum atomic E-state index is -1.05. The highest BCUT2D eigenvalue weighted by Crippen LogP contribution is 2.27. The number of oxime groups is 1. The minimum absolute atomic E-state index is 0.0439. The first-order chi connectivity index (χ1) is 17.0. The van der Waals surface area contributed by atoms with Crippen LogP contribution in [0.2, 0.25) is 0 Å². The predicted octanol–water partition coefficient (Wildman–Crippen LogP) is 4.23. The molecule has 2 aromatic carbocycles. The lowest BCUT2D eigenvalue weighted by molar-refractivity contribution is 0.0695. The van der Waals surface area contributed by atoms with E-state index in [4.69, 9.17) is 18.8 Å². The fourth-order valence-corrected chi connectivity index (χ4v) is 3.53. The molecule has 2 heterocycles. The SMILES string of the molecule is CCCO/N=C(\COc1ccc(N2CCOCC2)c(C(=O)O)c1)c1cc(-c2ccc(F)cc2)no1. The summed E-state index contributed by atoms with van der Waals surface area (Å²) >= 11 is 0. The smallest absolute Gasteiger partial charge is 0.337 e. The molecule has 3 aromatic rings. The van der Waals surface area contributed by atoms with Gasteiger partial charge in [-0.2, -0.15) is 0 Å². The van der Waals surface area contributed by atoms with Crippen molar-refractivity contribution in [3.63, 3.8) is 0 Å².